The third-order valence-electron chi connectivity index (χ3n) is 2.61. The Morgan fingerprint density at radius 1 is 1.11 bits per heavy atom. The molecule has 94 valence electrons. The molecule has 0 aliphatic heterocycles. The minimum atomic E-state index is -0.332. The predicted molar refractivity (Wildman–Crippen MR) is 70.6 cm³/mol. The zero-order chi connectivity index (χ0) is 13.3. The Hall–Kier alpha value is -2.17. The van der Waals surface area contributed by atoms with E-state index in [1.54, 1.807) is 0 Å². The van der Waals surface area contributed by atoms with Crippen LogP contribution in [-0.2, 0) is 5.41 Å². The van der Waals surface area contributed by atoms with Crippen molar-refractivity contribution in [3.63, 3.8) is 0 Å². The van der Waals surface area contributed by atoms with Crippen LogP contribution in [0.1, 0.15) is 26.6 Å². The van der Waals surface area contributed by atoms with Crippen molar-refractivity contribution in [2.45, 2.75) is 26.2 Å². The molecule has 2 N–H and O–H groups in total. The molecular weight excluding hydrogens is 228 g/mol. The average molecular weight is 244 g/mol. The summed E-state index contributed by atoms with van der Waals surface area (Å²) in [5.74, 6) is 6.27. The zero-order valence-electron chi connectivity index (χ0n) is 10.7. The first-order valence-corrected chi connectivity index (χ1v) is 5.72. The quantitative estimate of drug-likeness (QED) is 0.768. The van der Waals surface area contributed by atoms with E-state index < -0.39 is 0 Å². The van der Waals surface area contributed by atoms with Crippen LogP contribution in [0.25, 0.3) is 11.3 Å². The largest absolute Gasteiger partial charge is 0.335 e. The molecule has 1 aromatic heterocycles. The van der Waals surface area contributed by atoms with Crippen LogP contribution in [0.5, 0.6) is 0 Å². The highest BCUT2D eigenvalue weighted by Gasteiger charge is 2.22. The van der Waals surface area contributed by atoms with Crippen LogP contribution in [-0.4, -0.2) is 14.9 Å². The Balaban J connectivity index is 2.62. The van der Waals surface area contributed by atoms with Crippen molar-refractivity contribution in [2.75, 3.05) is 5.84 Å². The van der Waals surface area contributed by atoms with Gasteiger partial charge in [0.25, 0.3) is 5.56 Å². The lowest BCUT2D eigenvalue weighted by atomic mass is 9.96. The van der Waals surface area contributed by atoms with Crippen LogP contribution < -0.4 is 11.4 Å². The first-order chi connectivity index (χ1) is 8.41. The summed E-state index contributed by atoms with van der Waals surface area (Å²) in [5.41, 5.74) is 0.331. The van der Waals surface area contributed by atoms with Crippen LogP contribution in [0.15, 0.2) is 35.1 Å². The lowest BCUT2D eigenvalue weighted by Crippen LogP contribution is -2.38. The predicted octanol–water partition coefficient (Wildman–Crippen LogP) is 1.32. The van der Waals surface area contributed by atoms with Crippen LogP contribution in [0.3, 0.4) is 0 Å². The number of benzene rings is 1. The van der Waals surface area contributed by atoms with Gasteiger partial charge >= 0.3 is 0 Å². The zero-order valence-corrected chi connectivity index (χ0v) is 10.7. The van der Waals surface area contributed by atoms with Crippen molar-refractivity contribution in [1.29, 1.82) is 0 Å². The van der Waals surface area contributed by atoms with E-state index in [1.807, 2.05) is 51.1 Å². The molecule has 0 aliphatic carbocycles. The Kier molecular flexibility index (Phi) is 2.90. The summed E-state index contributed by atoms with van der Waals surface area (Å²) < 4.78 is 1.08. The summed E-state index contributed by atoms with van der Waals surface area (Å²) in [7, 11) is 0. The van der Waals surface area contributed by atoms with Gasteiger partial charge in [-0.15, -0.1) is 10.2 Å². The third kappa shape index (κ3) is 2.11. The van der Waals surface area contributed by atoms with Crippen LogP contribution >= 0.6 is 0 Å². The highest BCUT2D eigenvalue weighted by Crippen LogP contribution is 2.18. The van der Waals surface area contributed by atoms with Crippen molar-refractivity contribution in [3.05, 3.63) is 46.5 Å². The maximum Gasteiger partial charge on any atom is 0.298 e. The minimum absolute atomic E-state index is 0.270. The number of aromatic nitrogens is 3. The Labute approximate surface area is 105 Å². The second-order valence-corrected chi connectivity index (χ2v) is 5.16. The number of hydrogen-bond donors (Lipinski definition) is 1. The van der Waals surface area contributed by atoms with E-state index >= 15 is 0 Å². The number of hydrogen-bond acceptors (Lipinski definition) is 4. The van der Waals surface area contributed by atoms with E-state index in [1.165, 1.54) is 0 Å². The molecule has 1 aromatic carbocycles. The van der Waals surface area contributed by atoms with Crippen molar-refractivity contribution >= 4 is 0 Å². The highest BCUT2D eigenvalue weighted by atomic mass is 16.1. The molecule has 5 heteroatoms. The first-order valence-electron chi connectivity index (χ1n) is 5.72. The molecule has 0 saturated heterocycles. The SMILES string of the molecule is CC(C)(C)c1nnc(-c2ccccc2)c(=O)n1N. The molecule has 0 aliphatic rings. The molecule has 0 amide bonds. The van der Waals surface area contributed by atoms with Gasteiger partial charge in [-0.2, -0.15) is 0 Å². The monoisotopic (exact) mass is 244 g/mol. The van der Waals surface area contributed by atoms with E-state index in [0.717, 1.165) is 10.2 Å². The van der Waals surface area contributed by atoms with Gasteiger partial charge in [-0.3, -0.25) is 4.79 Å². The average Bonchev–Trinajstić information content (AvgIpc) is 2.32. The molecule has 0 fully saturated rings. The van der Waals surface area contributed by atoms with Crippen molar-refractivity contribution in [1.82, 2.24) is 14.9 Å². The summed E-state index contributed by atoms with van der Waals surface area (Å²) in [6.07, 6.45) is 0. The van der Waals surface area contributed by atoms with E-state index in [0.29, 0.717) is 5.82 Å². The van der Waals surface area contributed by atoms with E-state index in [9.17, 15) is 4.79 Å². The smallest absolute Gasteiger partial charge is 0.298 e. The minimum Gasteiger partial charge on any atom is -0.335 e. The molecule has 1 heterocycles. The standard InChI is InChI=1S/C13H16N4O/c1-13(2,3)12-16-15-10(11(18)17(12)14)9-7-5-4-6-8-9/h4-8H,14H2,1-3H3. The third-order valence-corrected chi connectivity index (χ3v) is 2.61. The van der Waals surface area contributed by atoms with Gasteiger partial charge in [-0.1, -0.05) is 51.1 Å². The Bertz CT molecular complexity index is 611. The number of nitrogens with two attached hydrogens (primary N) is 1. The van der Waals surface area contributed by atoms with Gasteiger partial charge in [0.2, 0.25) is 0 Å². The highest BCUT2D eigenvalue weighted by molar-refractivity contribution is 5.57. The topological polar surface area (TPSA) is 73.8 Å². The maximum atomic E-state index is 12.2. The van der Waals surface area contributed by atoms with Gasteiger partial charge in [-0.05, 0) is 0 Å². The summed E-state index contributed by atoms with van der Waals surface area (Å²) in [6.45, 7) is 5.80. The first kappa shape index (κ1) is 12.3. The second kappa shape index (κ2) is 4.25. The maximum absolute atomic E-state index is 12.2. The van der Waals surface area contributed by atoms with Crippen molar-refractivity contribution < 1.29 is 0 Å². The molecule has 2 aromatic rings. The molecule has 0 atom stereocenters. The molecular formula is C13H16N4O. The van der Waals surface area contributed by atoms with Crippen LogP contribution in [0.4, 0.5) is 0 Å². The number of rotatable bonds is 1. The van der Waals surface area contributed by atoms with E-state index in [4.69, 9.17) is 5.84 Å². The molecule has 5 nitrogen and oxygen atoms in total. The Morgan fingerprint density at radius 3 is 2.28 bits per heavy atom. The fourth-order valence-electron chi connectivity index (χ4n) is 1.69. The van der Waals surface area contributed by atoms with Gasteiger partial charge < -0.3 is 5.84 Å². The molecule has 2 rings (SSSR count). The second-order valence-electron chi connectivity index (χ2n) is 5.16. The van der Waals surface area contributed by atoms with Gasteiger partial charge in [0.15, 0.2) is 11.5 Å². The van der Waals surface area contributed by atoms with E-state index in [2.05, 4.69) is 10.2 Å². The molecule has 18 heavy (non-hydrogen) atoms. The van der Waals surface area contributed by atoms with Gasteiger partial charge in [0.1, 0.15) is 0 Å². The van der Waals surface area contributed by atoms with E-state index in [-0.39, 0.29) is 16.7 Å². The fourth-order valence-corrected chi connectivity index (χ4v) is 1.69. The molecule has 0 radical (unpaired) electrons. The molecule has 0 bridgehead atoms. The number of nitrogens with zero attached hydrogens (tertiary/aromatic N) is 3. The van der Waals surface area contributed by atoms with Gasteiger partial charge in [-0.25, -0.2) is 4.68 Å². The summed E-state index contributed by atoms with van der Waals surface area (Å²) >= 11 is 0. The number of nitrogen functional groups attached to an aromatic ring is 1. The summed E-state index contributed by atoms with van der Waals surface area (Å²) in [5, 5.41) is 8.09. The van der Waals surface area contributed by atoms with Crippen LogP contribution in [0.2, 0.25) is 0 Å². The molecule has 0 saturated carbocycles. The van der Waals surface area contributed by atoms with Gasteiger partial charge in [0, 0.05) is 11.0 Å². The fraction of sp³-hybridized carbons (Fsp3) is 0.308. The van der Waals surface area contributed by atoms with Crippen LogP contribution in [0, 0.1) is 0 Å². The molecule has 0 unspecified atom stereocenters. The molecule has 0 spiro atoms. The van der Waals surface area contributed by atoms with Crippen molar-refractivity contribution in [3.8, 4) is 11.3 Å². The lowest BCUT2D eigenvalue weighted by Gasteiger charge is -2.19. The summed E-state index contributed by atoms with van der Waals surface area (Å²) in [4.78, 5) is 12.2. The lowest BCUT2D eigenvalue weighted by molar-refractivity contribution is 0.502. The Morgan fingerprint density at radius 2 is 1.72 bits per heavy atom. The van der Waals surface area contributed by atoms with Crippen molar-refractivity contribution in [2.24, 2.45) is 0 Å². The summed E-state index contributed by atoms with van der Waals surface area (Å²) in [6, 6.07) is 9.18. The normalized spacial score (nSPS) is 11.5. The van der Waals surface area contributed by atoms with Gasteiger partial charge in [0.05, 0.1) is 0 Å².